The van der Waals surface area contributed by atoms with Crippen molar-refractivity contribution in [2.45, 2.75) is 49.2 Å². The first-order valence-corrected chi connectivity index (χ1v) is 11.9. The lowest BCUT2D eigenvalue weighted by Gasteiger charge is -2.37. The molecule has 5 rings (SSSR count). The second-order valence-corrected chi connectivity index (χ2v) is 11.1. The van der Waals surface area contributed by atoms with Gasteiger partial charge < -0.3 is 15.5 Å². The van der Waals surface area contributed by atoms with E-state index < -0.39 is 26.5 Å². The second kappa shape index (κ2) is 6.86. The van der Waals surface area contributed by atoms with Crippen LogP contribution in [0, 0.1) is 0 Å². The molecule has 30 heavy (non-hydrogen) atoms. The van der Waals surface area contributed by atoms with Crippen molar-refractivity contribution in [3.8, 4) is 0 Å². The van der Waals surface area contributed by atoms with Crippen LogP contribution >= 0.6 is 0 Å². The van der Waals surface area contributed by atoms with Crippen molar-refractivity contribution in [3.63, 3.8) is 0 Å². The number of rotatable bonds is 4. The molecule has 9 nitrogen and oxygen atoms in total. The third kappa shape index (κ3) is 2.97. The van der Waals surface area contributed by atoms with Crippen LogP contribution in [0.4, 0.5) is 0 Å². The summed E-state index contributed by atoms with van der Waals surface area (Å²) in [5.74, 6) is -0.811. The van der Waals surface area contributed by atoms with Gasteiger partial charge in [-0.3, -0.25) is 19.7 Å². The van der Waals surface area contributed by atoms with Crippen molar-refractivity contribution in [3.05, 3.63) is 34.9 Å². The lowest BCUT2D eigenvalue weighted by molar-refractivity contribution is -0.136. The number of hydrogen-bond donors (Lipinski definition) is 3. The lowest BCUT2D eigenvalue weighted by atomic mass is 9.94. The van der Waals surface area contributed by atoms with E-state index in [1.807, 2.05) is 12.1 Å². The van der Waals surface area contributed by atoms with E-state index in [0.29, 0.717) is 44.6 Å². The monoisotopic (exact) mass is 432 g/mol. The molecule has 1 spiro atoms. The van der Waals surface area contributed by atoms with E-state index in [9.17, 15) is 22.8 Å². The van der Waals surface area contributed by atoms with Crippen molar-refractivity contribution < 1.29 is 22.8 Å². The van der Waals surface area contributed by atoms with Crippen LogP contribution in [-0.2, 0) is 32.5 Å². The number of nitrogens with zero attached hydrogens (tertiary/aromatic N) is 1. The van der Waals surface area contributed by atoms with Gasteiger partial charge in [-0.2, -0.15) is 0 Å². The quantitative estimate of drug-likeness (QED) is 0.525. The van der Waals surface area contributed by atoms with Crippen LogP contribution in [-0.4, -0.2) is 66.7 Å². The average molecular weight is 433 g/mol. The smallest absolute Gasteiger partial charge is 0.255 e. The van der Waals surface area contributed by atoms with Crippen LogP contribution in [0.25, 0.3) is 0 Å². The number of benzene rings is 1. The third-order valence-electron chi connectivity index (χ3n) is 6.85. The van der Waals surface area contributed by atoms with Crippen LogP contribution in [0.1, 0.15) is 40.7 Å². The van der Waals surface area contributed by atoms with Gasteiger partial charge in [0.05, 0.1) is 10.5 Å². The maximum atomic E-state index is 12.9. The molecule has 0 aliphatic carbocycles. The van der Waals surface area contributed by atoms with Crippen molar-refractivity contribution >= 4 is 27.6 Å². The predicted octanol–water partition coefficient (Wildman–Crippen LogP) is -0.934. The van der Waals surface area contributed by atoms with E-state index in [0.717, 1.165) is 11.1 Å². The van der Waals surface area contributed by atoms with Gasteiger partial charge in [0.1, 0.15) is 6.04 Å². The molecule has 4 aliphatic rings. The first-order valence-electron chi connectivity index (χ1n) is 10.2. The van der Waals surface area contributed by atoms with Gasteiger partial charge in [0, 0.05) is 44.2 Å². The van der Waals surface area contributed by atoms with E-state index in [-0.39, 0.29) is 30.0 Å². The number of nitrogens with one attached hydrogen (secondary N) is 3. The van der Waals surface area contributed by atoms with E-state index in [2.05, 4.69) is 16.0 Å². The Morgan fingerprint density at radius 2 is 2.00 bits per heavy atom. The first-order chi connectivity index (χ1) is 14.3. The highest BCUT2D eigenvalue weighted by Gasteiger charge is 2.55. The Morgan fingerprint density at radius 3 is 2.67 bits per heavy atom. The molecule has 3 amide bonds. The topological polar surface area (TPSA) is 125 Å². The average Bonchev–Trinajstić information content (AvgIpc) is 3.14. The van der Waals surface area contributed by atoms with E-state index in [1.165, 1.54) is 4.90 Å². The summed E-state index contributed by atoms with van der Waals surface area (Å²) >= 11 is 0. The van der Waals surface area contributed by atoms with Crippen molar-refractivity contribution in [2.24, 2.45) is 0 Å². The number of sulfone groups is 1. The van der Waals surface area contributed by atoms with Gasteiger partial charge in [0.2, 0.25) is 11.8 Å². The zero-order chi connectivity index (χ0) is 21.1. The summed E-state index contributed by atoms with van der Waals surface area (Å²) < 4.78 is 24.4. The minimum absolute atomic E-state index is 0.115. The van der Waals surface area contributed by atoms with Crippen molar-refractivity contribution in [1.29, 1.82) is 0 Å². The molecule has 0 bridgehead atoms. The molecule has 3 saturated heterocycles. The molecule has 0 radical (unpaired) electrons. The van der Waals surface area contributed by atoms with Crippen LogP contribution in [0.5, 0.6) is 0 Å². The van der Waals surface area contributed by atoms with Crippen LogP contribution in [0.3, 0.4) is 0 Å². The number of amides is 3. The Morgan fingerprint density at radius 1 is 1.20 bits per heavy atom. The molecular formula is C20H24N4O5S. The van der Waals surface area contributed by atoms with Crippen LogP contribution < -0.4 is 16.0 Å². The molecule has 0 aromatic heterocycles. The summed E-state index contributed by atoms with van der Waals surface area (Å²) in [5, 5.41) is 8.75. The Kier molecular flexibility index (Phi) is 4.49. The highest BCUT2D eigenvalue weighted by Crippen LogP contribution is 2.36. The summed E-state index contributed by atoms with van der Waals surface area (Å²) in [6, 6.07) is 4.73. The van der Waals surface area contributed by atoms with Gasteiger partial charge in [0.25, 0.3) is 5.91 Å². The minimum atomic E-state index is -3.12. The summed E-state index contributed by atoms with van der Waals surface area (Å²) in [5.41, 5.74) is 2.36. The molecule has 1 aromatic carbocycles. The second-order valence-electron chi connectivity index (χ2n) is 8.69. The first kappa shape index (κ1) is 19.7. The predicted molar refractivity (Wildman–Crippen MR) is 107 cm³/mol. The molecule has 0 saturated carbocycles. The number of imide groups is 1. The number of carbonyl (C=O) groups excluding carboxylic acids is 3. The molecule has 4 aliphatic heterocycles. The molecule has 160 valence electrons. The zero-order valence-electron chi connectivity index (χ0n) is 16.4. The zero-order valence-corrected chi connectivity index (χ0v) is 17.3. The van der Waals surface area contributed by atoms with E-state index in [4.69, 9.17) is 0 Å². The number of hydrogen-bond acceptors (Lipinski definition) is 7. The van der Waals surface area contributed by atoms with Crippen molar-refractivity contribution in [1.82, 2.24) is 20.9 Å². The van der Waals surface area contributed by atoms with Gasteiger partial charge in [-0.15, -0.1) is 0 Å². The molecule has 3 N–H and O–H groups in total. The van der Waals surface area contributed by atoms with Gasteiger partial charge >= 0.3 is 0 Å². The number of carbonyl (C=O) groups is 3. The van der Waals surface area contributed by atoms with Crippen LogP contribution in [0.15, 0.2) is 18.2 Å². The third-order valence-corrected chi connectivity index (χ3v) is 9.47. The molecule has 4 heterocycles. The SMILES string of the molecule is O=C1CCC(N2Cc3c(CNC4CC5(CNC5)S(=O)(=O)C4)cccc3C2=O)C(=O)N1. The van der Waals surface area contributed by atoms with Crippen LogP contribution in [0.2, 0.25) is 0 Å². The largest absolute Gasteiger partial charge is 0.322 e. The fourth-order valence-electron chi connectivity index (χ4n) is 5.05. The van der Waals surface area contributed by atoms with Gasteiger partial charge in [-0.1, -0.05) is 12.1 Å². The normalized spacial score (nSPS) is 29.1. The molecule has 3 fully saturated rings. The number of fused-ring (bicyclic) bond motifs is 1. The van der Waals surface area contributed by atoms with Crippen molar-refractivity contribution in [2.75, 3.05) is 18.8 Å². The summed E-state index contributed by atoms with van der Waals surface area (Å²) in [7, 11) is -3.12. The Hall–Kier alpha value is -2.30. The summed E-state index contributed by atoms with van der Waals surface area (Å²) in [6.07, 6.45) is 1.14. The Labute approximate surface area is 174 Å². The number of piperidine rings is 1. The highest BCUT2D eigenvalue weighted by molar-refractivity contribution is 7.93. The van der Waals surface area contributed by atoms with E-state index in [1.54, 1.807) is 6.07 Å². The maximum Gasteiger partial charge on any atom is 0.255 e. The van der Waals surface area contributed by atoms with E-state index >= 15 is 0 Å². The molecule has 2 atom stereocenters. The Balaban J connectivity index is 1.30. The summed E-state index contributed by atoms with van der Waals surface area (Å²) in [6.45, 7) is 1.81. The Bertz CT molecular complexity index is 1050. The van der Waals surface area contributed by atoms with Gasteiger partial charge in [0.15, 0.2) is 9.84 Å². The fourth-order valence-corrected chi connectivity index (χ4v) is 7.26. The summed E-state index contributed by atoms with van der Waals surface area (Å²) in [4.78, 5) is 38.1. The van der Waals surface area contributed by atoms with Gasteiger partial charge in [-0.25, -0.2) is 8.42 Å². The standard InChI is InChI=1S/C20H24N4O5S/c25-17-5-4-16(18(26)23-17)24-8-15-12(2-1-3-14(15)19(24)27)7-22-13-6-20(10-21-11-20)30(28,29)9-13/h1-3,13,16,21-22H,4-11H2,(H,23,25,26). The van der Waals surface area contributed by atoms with Gasteiger partial charge in [-0.05, 0) is 30.0 Å². The molecular weight excluding hydrogens is 408 g/mol. The molecule has 2 unspecified atom stereocenters. The lowest BCUT2D eigenvalue weighted by Crippen LogP contribution is -2.62. The maximum absolute atomic E-state index is 12.9. The molecule has 1 aromatic rings. The fraction of sp³-hybridized carbons (Fsp3) is 0.550. The molecule has 10 heteroatoms. The minimum Gasteiger partial charge on any atom is -0.322 e. The highest BCUT2D eigenvalue weighted by atomic mass is 32.2.